The normalized spacial score (nSPS) is 24.6. The summed E-state index contributed by atoms with van der Waals surface area (Å²) in [6.45, 7) is 7.72. The number of piperidine rings is 3. The van der Waals surface area contributed by atoms with E-state index in [4.69, 9.17) is 9.47 Å². The first-order valence-electron chi connectivity index (χ1n) is 18.1. The van der Waals surface area contributed by atoms with Gasteiger partial charge in [0, 0.05) is 43.3 Å². The summed E-state index contributed by atoms with van der Waals surface area (Å²) in [5.41, 5.74) is 2.24. The molecule has 0 radical (unpaired) electrons. The first-order valence-corrected chi connectivity index (χ1v) is 18.1. The lowest BCUT2D eigenvalue weighted by atomic mass is 9.80. The van der Waals surface area contributed by atoms with E-state index in [2.05, 4.69) is 36.5 Å². The molecule has 3 aromatic rings. The highest BCUT2D eigenvalue weighted by Crippen LogP contribution is 2.42. The number of quaternary nitrogens is 1. The highest BCUT2D eigenvalue weighted by molar-refractivity contribution is 5.36. The number of nitrogens with one attached hydrogen (secondary N) is 1. The number of aliphatic hydroxyl groups is 3. The molecule has 0 amide bonds. The molecule has 7 rings (SSSR count). The Morgan fingerprint density at radius 2 is 1.63 bits per heavy atom. The van der Waals surface area contributed by atoms with E-state index in [0.717, 1.165) is 53.7 Å². The molecule has 2 bridgehead atoms. The average Bonchev–Trinajstić information content (AvgIpc) is 3.69. The summed E-state index contributed by atoms with van der Waals surface area (Å²) in [6.07, 6.45) is 7.35. The monoisotopic (exact) mass is 738 g/mol. The van der Waals surface area contributed by atoms with Crippen LogP contribution in [0.3, 0.4) is 0 Å². The number of hydrogen-bond acceptors (Lipinski definition) is 7. The first kappa shape index (κ1) is 37.7. The third-order valence-electron chi connectivity index (χ3n) is 11.6. The summed E-state index contributed by atoms with van der Waals surface area (Å²) < 4.78 is 14.0. The third-order valence-corrected chi connectivity index (χ3v) is 11.6. The summed E-state index contributed by atoms with van der Waals surface area (Å²) in [5.74, 6) is 1.74. The van der Waals surface area contributed by atoms with Gasteiger partial charge in [-0.1, -0.05) is 61.4 Å². The Bertz CT molecular complexity index is 1440. The maximum atomic E-state index is 12.0. The van der Waals surface area contributed by atoms with Crippen molar-refractivity contribution in [1.82, 2.24) is 5.32 Å². The minimum Gasteiger partial charge on any atom is -1.00 e. The van der Waals surface area contributed by atoms with Crippen LogP contribution < -0.4 is 27.0 Å². The molecule has 0 spiro atoms. The molecule has 49 heavy (non-hydrogen) atoms. The Hall–Kier alpha value is -2.50. The zero-order valence-electron chi connectivity index (χ0n) is 28.9. The molecular formula is C40H55BrN2O6. The molecule has 0 unspecified atom stereocenters. The van der Waals surface area contributed by atoms with E-state index >= 15 is 0 Å². The maximum Gasteiger partial charge on any atom is 0.121 e. The number of fused-ring (bicyclic) bond motifs is 3. The number of hydrogen-bond donors (Lipinski definition) is 5. The third kappa shape index (κ3) is 9.06. The van der Waals surface area contributed by atoms with Crippen LogP contribution in [-0.2, 0) is 16.9 Å². The molecule has 0 aromatic heterocycles. The summed E-state index contributed by atoms with van der Waals surface area (Å²) in [7, 11) is 0. The number of phenols is 1. The van der Waals surface area contributed by atoms with Gasteiger partial charge in [0.05, 0.1) is 45.6 Å². The molecule has 5 N–H and O–H groups in total. The molecule has 3 saturated heterocycles. The molecule has 8 nitrogen and oxygen atoms in total. The van der Waals surface area contributed by atoms with Crippen molar-refractivity contribution in [2.75, 3.05) is 45.9 Å². The quantitative estimate of drug-likeness (QED) is 0.114. The summed E-state index contributed by atoms with van der Waals surface area (Å²) >= 11 is 0. The summed E-state index contributed by atoms with van der Waals surface area (Å²) in [5, 5.41) is 45.2. The predicted molar refractivity (Wildman–Crippen MR) is 186 cm³/mol. The lowest BCUT2D eigenvalue weighted by molar-refractivity contribution is -0.946. The second-order valence-electron chi connectivity index (χ2n) is 14.6. The fraction of sp³-hybridized carbons (Fsp3) is 0.550. The number of aliphatic hydroxyl groups excluding tert-OH is 2. The van der Waals surface area contributed by atoms with E-state index in [0.29, 0.717) is 36.8 Å². The number of rotatable bonds is 16. The number of nitrogens with zero attached hydrogens (tertiary/aromatic N) is 1. The Balaban J connectivity index is 0.00000468. The van der Waals surface area contributed by atoms with Crippen LogP contribution in [-0.4, -0.2) is 77.0 Å². The van der Waals surface area contributed by atoms with Crippen molar-refractivity contribution in [3.8, 4) is 11.5 Å². The van der Waals surface area contributed by atoms with Gasteiger partial charge >= 0.3 is 0 Å². The van der Waals surface area contributed by atoms with Gasteiger partial charge in [-0.05, 0) is 66.6 Å². The van der Waals surface area contributed by atoms with E-state index in [1.54, 1.807) is 12.1 Å². The Kier molecular flexibility index (Phi) is 13.2. The van der Waals surface area contributed by atoms with Gasteiger partial charge in [-0.3, -0.25) is 0 Å². The van der Waals surface area contributed by atoms with Crippen LogP contribution in [0, 0.1) is 11.8 Å². The number of halogens is 1. The van der Waals surface area contributed by atoms with Gasteiger partial charge in [-0.2, -0.15) is 0 Å². The van der Waals surface area contributed by atoms with Crippen molar-refractivity contribution in [2.24, 2.45) is 11.8 Å². The second-order valence-corrected chi connectivity index (χ2v) is 14.6. The molecule has 9 heteroatoms. The molecular weight excluding hydrogens is 684 g/mol. The largest absolute Gasteiger partial charge is 1.00 e. The van der Waals surface area contributed by atoms with Crippen molar-refractivity contribution >= 4 is 0 Å². The molecule has 3 aliphatic heterocycles. The van der Waals surface area contributed by atoms with Gasteiger partial charge in [-0.15, -0.1) is 0 Å². The smallest absolute Gasteiger partial charge is 0.121 e. The standard InChI is InChI=1S/C40H54N2O6.BrH/c1-29(41-25-38(45)32-14-17-37(44)33(24-32)27-43)30-12-15-36(16-13-30)47-23-7-20-42-21-18-31(19-22-42)39(26-42)48-28-40(46,35-10-5-6-11-35)34-8-3-2-4-9-34;/h2-4,8-9,12-17,24,29,31,35,38-39,41,43,45-46H,5-7,10-11,18-23,25-28H2,1H3;1H/t29-,31?,38-,39-,40+,42?;/m0./s1. The SMILES string of the molecule is C[C@H](NC[C@H](O)c1ccc(O)c(CO)c1)c1ccc(OCCC[N+]23CCC(CC2)[C@@H](OC[C@@](O)(c2ccccc2)C2CCCC2)C3)cc1.[Br-]. The van der Waals surface area contributed by atoms with Gasteiger partial charge < -0.3 is 56.7 Å². The van der Waals surface area contributed by atoms with E-state index in [-0.39, 0.29) is 47.4 Å². The Morgan fingerprint density at radius 3 is 2.33 bits per heavy atom. The molecule has 4 aliphatic rings. The van der Waals surface area contributed by atoms with Crippen LogP contribution >= 0.6 is 0 Å². The topological polar surface area (TPSA) is 111 Å². The van der Waals surface area contributed by atoms with E-state index < -0.39 is 11.7 Å². The van der Waals surface area contributed by atoms with E-state index in [9.17, 15) is 20.4 Å². The minimum atomic E-state index is -0.911. The fourth-order valence-corrected chi connectivity index (χ4v) is 8.43. The van der Waals surface area contributed by atoms with Crippen molar-refractivity contribution in [2.45, 2.75) is 82.3 Å². The van der Waals surface area contributed by atoms with Crippen molar-refractivity contribution in [3.63, 3.8) is 0 Å². The molecule has 4 fully saturated rings. The Labute approximate surface area is 302 Å². The van der Waals surface area contributed by atoms with Crippen molar-refractivity contribution in [1.29, 1.82) is 0 Å². The van der Waals surface area contributed by atoms with Crippen LogP contribution in [0.4, 0.5) is 0 Å². The zero-order valence-corrected chi connectivity index (χ0v) is 30.4. The van der Waals surface area contributed by atoms with Gasteiger partial charge in [0.25, 0.3) is 0 Å². The van der Waals surface area contributed by atoms with Crippen LogP contribution in [0.25, 0.3) is 0 Å². The fourth-order valence-electron chi connectivity index (χ4n) is 8.43. The highest BCUT2D eigenvalue weighted by atomic mass is 79.9. The first-order chi connectivity index (χ1) is 23.3. The van der Waals surface area contributed by atoms with Gasteiger partial charge in [0.15, 0.2) is 0 Å². The lowest BCUT2D eigenvalue weighted by Crippen LogP contribution is -3.00. The molecule has 1 saturated carbocycles. The van der Waals surface area contributed by atoms with Gasteiger partial charge in [-0.25, -0.2) is 0 Å². The van der Waals surface area contributed by atoms with Gasteiger partial charge in [0.1, 0.15) is 29.7 Å². The molecule has 4 atom stereocenters. The molecule has 3 aromatic carbocycles. The molecule has 3 heterocycles. The van der Waals surface area contributed by atoms with Crippen molar-refractivity contribution < 1.29 is 51.4 Å². The van der Waals surface area contributed by atoms with Crippen LogP contribution in [0.1, 0.15) is 86.3 Å². The Morgan fingerprint density at radius 1 is 0.939 bits per heavy atom. The average molecular weight is 740 g/mol. The van der Waals surface area contributed by atoms with Crippen LogP contribution in [0.2, 0.25) is 0 Å². The number of ether oxygens (including phenoxy) is 2. The van der Waals surface area contributed by atoms with Crippen LogP contribution in [0.15, 0.2) is 72.8 Å². The minimum absolute atomic E-state index is 0. The lowest BCUT2D eigenvalue weighted by Gasteiger charge is -2.53. The molecule has 268 valence electrons. The number of benzene rings is 3. The summed E-state index contributed by atoms with van der Waals surface area (Å²) in [6, 6.07) is 23.2. The highest BCUT2D eigenvalue weighted by Gasteiger charge is 2.48. The summed E-state index contributed by atoms with van der Waals surface area (Å²) in [4.78, 5) is 0. The molecule has 1 aliphatic carbocycles. The van der Waals surface area contributed by atoms with E-state index in [1.165, 1.54) is 44.8 Å². The van der Waals surface area contributed by atoms with Gasteiger partial charge in [0.2, 0.25) is 0 Å². The van der Waals surface area contributed by atoms with Crippen molar-refractivity contribution in [3.05, 3.63) is 95.1 Å². The van der Waals surface area contributed by atoms with Crippen LogP contribution in [0.5, 0.6) is 11.5 Å². The second kappa shape index (κ2) is 17.1. The zero-order chi connectivity index (χ0) is 33.6. The van der Waals surface area contributed by atoms with E-state index in [1.807, 2.05) is 30.3 Å². The maximum absolute atomic E-state index is 12.0. The predicted octanol–water partition coefficient (Wildman–Crippen LogP) is 2.75. The number of aromatic hydroxyl groups is 1.